The van der Waals surface area contributed by atoms with E-state index in [2.05, 4.69) is 48.2 Å². The van der Waals surface area contributed by atoms with Crippen LogP contribution in [0.3, 0.4) is 0 Å². The summed E-state index contributed by atoms with van der Waals surface area (Å²) in [7, 11) is 2.08. The first kappa shape index (κ1) is 15.4. The molecule has 20 heavy (non-hydrogen) atoms. The standard InChI is InChI=1S/C14H26N4O2/c1-5-15-11(10(2)3)8-13-16-14(17-20-13)12-9-18(4)6-7-19-12/h10-12,15H,5-9H2,1-4H3. The van der Waals surface area contributed by atoms with Crippen molar-refractivity contribution in [2.75, 3.05) is 33.3 Å². The molecule has 1 aromatic heterocycles. The highest BCUT2D eigenvalue weighted by molar-refractivity contribution is 4.95. The molecular formula is C14H26N4O2. The fourth-order valence-electron chi connectivity index (χ4n) is 2.41. The predicted molar refractivity (Wildman–Crippen MR) is 76.5 cm³/mol. The van der Waals surface area contributed by atoms with E-state index in [1.807, 2.05) is 0 Å². The normalized spacial score (nSPS) is 22.4. The summed E-state index contributed by atoms with van der Waals surface area (Å²) in [5.74, 6) is 1.89. The van der Waals surface area contributed by atoms with Gasteiger partial charge in [0.25, 0.3) is 0 Å². The van der Waals surface area contributed by atoms with Gasteiger partial charge >= 0.3 is 0 Å². The van der Waals surface area contributed by atoms with Gasteiger partial charge in [-0.15, -0.1) is 0 Å². The van der Waals surface area contributed by atoms with Crippen molar-refractivity contribution in [3.8, 4) is 0 Å². The zero-order valence-electron chi connectivity index (χ0n) is 12.9. The van der Waals surface area contributed by atoms with Gasteiger partial charge < -0.3 is 19.5 Å². The minimum atomic E-state index is -0.0668. The molecule has 2 atom stereocenters. The van der Waals surface area contributed by atoms with Gasteiger partial charge in [0.2, 0.25) is 11.7 Å². The van der Waals surface area contributed by atoms with E-state index >= 15 is 0 Å². The predicted octanol–water partition coefficient (Wildman–Crippen LogP) is 1.25. The fourth-order valence-corrected chi connectivity index (χ4v) is 2.41. The van der Waals surface area contributed by atoms with Crippen molar-refractivity contribution in [3.05, 3.63) is 11.7 Å². The van der Waals surface area contributed by atoms with Crippen LogP contribution in [-0.2, 0) is 11.2 Å². The molecule has 6 nitrogen and oxygen atoms in total. The number of likely N-dealkylation sites (N-methyl/N-ethyl adjacent to an activating group) is 2. The minimum absolute atomic E-state index is 0.0668. The number of nitrogens with one attached hydrogen (secondary N) is 1. The lowest BCUT2D eigenvalue weighted by Crippen LogP contribution is -2.36. The van der Waals surface area contributed by atoms with Gasteiger partial charge in [-0.2, -0.15) is 4.98 Å². The first-order chi connectivity index (χ1) is 9.60. The van der Waals surface area contributed by atoms with Gasteiger partial charge in [-0.3, -0.25) is 0 Å². The summed E-state index contributed by atoms with van der Waals surface area (Å²) in [6.45, 7) is 9.95. The van der Waals surface area contributed by atoms with E-state index in [4.69, 9.17) is 9.26 Å². The molecule has 2 rings (SSSR count). The van der Waals surface area contributed by atoms with E-state index in [0.717, 1.165) is 32.7 Å². The topological polar surface area (TPSA) is 63.4 Å². The molecule has 1 aliphatic rings. The van der Waals surface area contributed by atoms with E-state index in [0.29, 0.717) is 23.7 Å². The van der Waals surface area contributed by atoms with Crippen LogP contribution in [0.25, 0.3) is 0 Å². The van der Waals surface area contributed by atoms with Crippen molar-refractivity contribution in [1.82, 2.24) is 20.4 Å². The van der Waals surface area contributed by atoms with Gasteiger partial charge in [-0.1, -0.05) is 25.9 Å². The molecule has 2 unspecified atom stereocenters. The highest BCUT2D eigenvalue weighted by atomic mass is 16.5. The van der Waals surface area contributed by atoms with Crippen LogP contribution in [0.2, 0.25) is 0 Å². The van der Waals surface area contributed by atoms with Crippen molar-refractivity contribution in [2.24, 2.45) is 5.92 Å². The van der Waals surface area contributed by atoms with Gasteiger partial charge in [-0.25, -0.2) is 0 Å². The lowest BCUT2D eigenvalue weighted by atomic mass is 10.0. The second-order valence-corrected chi connectivity index (χ2v) is 5.78. The summed E-state index contributed by atoms with van der Waals surface area (Å²) in [6, 6.07) is 0.364. The van der Waals surface area contributed by atoms with Crippen LogP contribution in [-0.4, -0.2) is 54.4 Å². The van der Waals surface area contributed by atoms with Gasteiger partial charge in [0.15, 0.2) is 0 Å². The molecule has 1 aromatic rings. The summed E-state index contributed by atoms with van der Waals surface area (Å²) in [6.07, 6.45) is 0.698. The molecule has 0 amide bonds. The quantitative estimate of drug-likeness (QED) is 0.847. The van der Waals surface area contributed by atoms with E-state index in [9.17, 15) is 0 Å². The molecule has 0 bridgehead atoms. The van der Waals surface area contributed by atoms with Crippen LogP contribution in [0, 0.1) is 5.92 Å². The maximum atomic E-state index is 5.71. The Balaban J connectivity index is 1.97. The molecule has 1 fully saturated rings. The Morgan fingerprint density at radius 2 is 2.25 bits per heavy atom. The van der Waals surface area contributed by atoms with Crippen molar-refractivity contribution >= 4 is 0 Å². The molecule has 0 aliphatic carbocycles. The maximum absolute atomic E-state index is 5.71. The second kappa shape index (κ2) is 7.15. The Morgan fingerprint density at radius 1 is 1.45 bits per heavy atom. The zero-order chi connectivity index (χ0) is 14.5. The van der Waals surface area contributed by atoms with Crippen LogP contribution in [0.5, 0.6) is 0 Å². The number of nitrogens with zero attached hydrogens (tertiary/aromatic N) is 3. The number of hydrogen-bond acceptors (Lipinski definition) is 6. The highest BCUT2D eigenvalue weighted by Crippen LogP contribution is 2.19. The van der Waals surface area contributed by atoms with Gasteiger partial charge in [-0.05, 0) is 19.5 Å². The molecular weight excluding hydrogens is 256 g/mol. The summed E-state index contributed by atoms with van der Waals surface area (Å²) in [4.78, 5) is 6.73. The van der Waals surface area contributed by atoms with E-state index in [1.54, 1.807) is 0 Å². The van der Waals surface area contributed by atoms with Gasteiger partial charge in [0.05, 0.1) is 6.61 Å². The molecule has 1 saturated heterocycles. The average Bonchev–Trinajstić information content (AvgIpc) is 2.87. The van der Waals surface area contributed by atoms with Crippen molar-refractivity contribution in [1.29, 1.82) is 0 Å². The van der Waals surface area contributed by atoms with E-state index in [1.165, 1.54) is 0 Å². The van der Waals surface area contributed by atoms with Gasteiger partial charge in [0.1, 0.15) is 6.10 Å². The molecule has 0 saturated carbocycles. The second-order valence-electron chi connectivity index (χ2n) is 5.78. The Kier molecular flexibility index (Phi) is 5.51. The summed E-state index contributed by atoms with van der Waals surface area (Å²) < 4.78 is 11.1. The molecule has 2 heterocycles. The maximum Gasteiger partial charge on any atom is 0.228 e. The third-order valence-corrected chi connectivity index (χ3v) is 3.71. The van der Waals surface area contributed by atoms with Gasteiger partial charge in [0, 0.05) is 25.6 Å². The molecule has 1 aliphatic heterocycles. The molecule has 114 valence electrons. The Hall–Kier alpha value is -0.980. The number of aromatic nitrogens is 2. The lowest BCUT2D eigenvalue weighted by Gasteiger charge is -2.27. The lowest BCUT2D eigenvalue weighted by molar-refractivity contribution is -0.0264. The van der Waals surface area contributed by atoms with Crippen molar-refractivity contribution in [3.63, 3.8) is 0 Å². The van der Waals surface area contributed by atoms with Crippen LogP contribution in [0.1, 0.15) is 38.6 Å². The van der Waals surface area contributed by atoms with Crippen LogP contribution < -0.4 is 5.32 Å². The Labute approximate surface area is 120 Å². The fraction of sp³-hybridized carbons (Fsp3) is 0.857. The number of ether oxygens (including phenoxy) is 1. The van der Waals surface area contributed by atoms with Crippen molar-refractivity contribution in [2.45, 2.75) is 39.3 Å². The molecule has 6 heteroatoms. The number of rotatable bonds is 6. The van der Waals surface area contributed by atoms with E-state index in [-0.39, 0.29) is 6.10 Å². The monoisotopic (exact) mass is 282 g/mol. The smallest absolute Gasteiger partial charge is 0.228 e. The third kappa shape index (κ3) is 4.01. The highest BCUT2D eigenvalue weighted by Gasteiger charge is 2.25. The van der Waals surface area contributed by atoms with Crippen LogP contribution >= 0.6 is 0 Å². The number of hydrogen-bond donors (Lipinski definition) is 1. The average molecular weight is 282 g/mol. The Bertz CT molecular complexity index is 408. The zero-order valence-corrected chi connectivity index (χ0v) is 12.9. The first-order valence-corrected chi connectivity index (χ1v) is 7.46. The van der Waals surface area contributed by atoms with E-state index < -0.39 is 0 Å². The Morgan fingerprint density at radius 3 is 2.90 bits per heavy atom. The summed E-state index contributed by atoms with van der Waals surface area (Å²) in [5, 5.41) is 7.54. The van der Waals surface area contributed by atoms with Crippen molar-refractivity contribution < 1.29 is 9.26 Å². The van der Waals surface area contributed by atoms with Crippen LogP contribution in [0.4, 0.5) is 0 Å². The molecule has 0 spiro atoms. The molecule has 0 aromatic carbocycles. The number of morpholine rings is 1. The largest absolute Gasteiger partial charge is 0.367 e. The first-order valence-electron chi connectivity index (χ1n) is 7.46. The SMILES string of the molecule is CCNC(Cc1nc(C2CN(C)CCO2)no1)C(C)C. The van der Waals surface area contributed by atoms with Crippen LogP contribution in [0.15, 0.2) is 4.52 Å². The summed E-state index contributed by atoms with van der Waals surface area (Å²) in [5.41, 5.74) is 0. The molecule has 1 N–H and O–H groups in total. The minimum Gasteiger partial charge on any atom is -0.367 e. The third-order valence-electron chi connectivity index (χ3n) is 3.71. The summed E-state index contributed by atoms with van der Waals surface area (Å²) >= 11 is 0. The molecule has 0 radical (unpaired) electrons.